The van der Waals surface area contributed by atoms with Crippen molar-refractivity contribution in [2.75, 3.05) is 33.3 Å². The molecule has 3 unspecified atom stereocenters. The Morgan fingerprint density at radius 2 is 1.72 bits per heavy atom. The molecular formula is C46H52AcN6O10S. The van der Waals surface area contributed by atoms with Crippen molar-refractivity contribution in [1.29, 1.82) is 5.26 Å². The molecule has 0 aromatic heterocycles. The van der Waals surface area contributed by atoms with E-state index in [0.717, 1.165) is 16.7 Å². The van der Waals surface area contributed by atoms with E-state index in [1.54, 1.807) is 26.8 Å². The molecule has 6 heterocycles. The number of hydrogen-bond acceptors (Lipinski definition) is 14. The Morgan fingerprint density at radius 1 is 1.00 bits per heavy atom. The van der Waals surface area contributed by atoms with Gasteiger partial charge >= 0.3 is 5.97 Å². The maximum atomic E-state index is 14.2. The molecule has 0 spiro atoms. The van der Waals surface area contributed by atoms with Crippen molar-refractivity contribution in [3.05, 3.63) is 81.4 Å². The van der Waals surface area contributed by atoms with Crippen molar-refractivity contribution in [2.24, 2.45) is 5.92 Å². The molecule has 3 aromatic carbocycles. The summed E-state index contributed by atoms with van der Waals surface area (Å²) in [5, 5.41) is 42.7. The SMILES string of the molecule is COc1c(C)cc2c(c1O)[C@@H]1C3[C@@H]4SC[C@H](NC(=O)C(NC(=O)C(C)NC(=O)/C=C/c5ccccc5)C(C)C)C(=O)OC[C@@H](c5c6c(c(C)c(O)c54)OCO6)N3[C@@H](C#N)[C@H](C2)N1C.[Ac]. The average molecular weight is 1110 g/mol. The number of likely N-dealkylation sites (N-methyl/N-ethyl adjacent to an activating group) is 1. The van der Waals surface area contributed by atoms with Gasteiger partial charge in [0.15, 0.2) is 23.0 Å². The molecule has 6 aliphatic heterocycles. The van der Waals surface area contributed by atoms with Crippen molar-refractivity contribution >= 4 is 41.5 Å². The maximum Gasteiger partial charge on any atom is 0.329 e. The minimum Gasteiger partial charge on any atom is -0.507 e. The molecule has 2 fully saturated rings. The monoisotopic (exact) mass is 1110 g/mol. The minimum atomic E-state index is -1.20. The number of aryl methyl sites for hydroxylation is 1. The van der Waals surface area contributed by atoms with Gasteiger partial charge in [0, 0.05) is 90.2 Å². The molecule has 3 amide bonds. The molecule has 2 saturated heterocycles. The van der Waals surface area contributed by atoms with Crippen LogP contribution in [0.15, 0.2) is 42.5 Å². The fourth-order valence-corrected chi connectivity index (χ4v) is 11.5. The molecule has 9 rings (SSSR count). The number of ether oxygens (including phenoxy) is 4. The Hall–Kier alpha value is -4.52. The predicted molar refractivity (Wildman–Crippen MR) is 232 cm³/mol. The normalized spacial score (nSPS) is 25.4. The Morgan fingerprint density at radius 3 is 2.41 bits per heavy atom. The first-order valence-corrected chi connectivity index (χ1v) is 22.1. The van der Waals surface area contributed by atoms with Crippen LogP contribution in [0.25, 0.3) is 6.08 Å². The average Bonchev–Trinajstić information content (AvgIpc) is 3.75. The number of nitriles is 1. The van der Waals surface area contributed by atoms with Gasteiger partial charge in [0.1, 0.15) is 36.5 Å². The molecule has 6 aliphatic rings. The van der Waals surface area contributed by atoms with Gasteiger partial charge in [-0.2, -0.15) is 5.26 Å². The number of carbonyl (C=O) groups is 4. The Balaban J connectivity index is 0.00000612. The van der Waals surface area contributed by atoms with Gasteiger partial charge < -0.3 is 45.1 Å². The van der Waals surface area contributed by atoms with Crippen molar-refractivity contribution in [3.8, 4) is 34.8 Å². The third kappa shape index (κ3) is 8.32. The van der Waals surface area contributed by atoms with Gasteiger partial charge in [-0.15, -0.1) is 11.8 Å². The Bertz CT molecular complexity index is 2430. The number of phenols is 2. The molecule has 3 aromatic rings. The van der Waals surface area contributed by atoms with E-state index in [2.05, 4.69) is 31.8 Å². The molecule has 1 radical (unpaired) electrons. The van der Waals surface area contributed by atoms with Crippen LogP contribution in [-0.2, 0) is 30.3 Å². The molecule has 64 heavy (non-hydrogen) atoms. The number of piperazine rings is 1. The van der Waals surface area contributed by atoms with Gasteiger partial charge in [-0.1, -0.05) is 50.2 Å². The standard InChI is InChI=1S/C46H52N6O10S.Ac/c1-21(2)35(50-44(56)24(5)48-31(53)14-13-25-11-9-8-10-12-25)45(57)49-27-19-63-43-34-33(42-41(61-20-62-42)23(4)38(34)54)30(18-60-46(27)58)52-29(17-47)28-16-26-15-22(3)40(59-7)39(55)32(26)36(37(43)52)51(28)6;/h8-15,21,24,27-30,35-37,43,54-55H,16,18-20H2,1-7H3,(H,48,53)(H,49,57)(H,50,56);/b14-13+;/t24?,27-,28-,29-,30-,35?,36+,37?,43+;/m0./s1. The third-order valence-corrected chi connectivity index (χ3v) is 14.4. The quantitative estimate of drug-likeness (QED) is 0.152. The van der Waals surface area contributed by atoms with E-state index in [4.69, 9.17) is 18.9 Å². The van der Waals surface area contributed by atoms with E-state index in [1.165, 1.54) is 31.9 Å². The molecule has 18 heteroatoms. The number of benzene rings is 3. The summed E-state index contributed by atoms with van der Waals surface area (Å²) in [5.41, 5.74) is 4.67. The summed E-state index contributed by atoms with van der Waals surface area (Å²) in [6.45, 7) is 8.26. The second-order valence-electron chi connectivity index (χ2n) is 17.1. The number of hydrogen-bond donors (Lipinski definition) is 5. The number of carbonyl (C=O) groups excluding carboxylic acids is 4. The van der Waals surface area contributed by atoms with Crippen molar-refractivity contribution < 1.29 is 92.4 Å². The van der Waals surface area contributed by atoms with Crippen LogP contribution in [0, 0.1) is 75.2 Å². The van der Waals surface area contributed by atoms with Crippen molar-refractivity contribution in [2.45, 2.75) is 94.6 Å². The summed E-state index contributed by atoms with van der Waals surface area (Å²) in [6.07, 6.45) is 3.40. The van der Waals surface area contributed by atoms with Gasteiger partial charge in [-0.25, -0.2) is 4.79 Å². The number of amides is 3. The Kier molecular flexibility index (Phi) is 14.2. The third-order valence-electron chi connectivity index (χ3n) is 13.0. The van der Waals surface area contributed by atoms with Crippen molar-refractivity contribution in [3.63, 3.8) is 0 Å². The second kappa shape index (κ2) is 19.1. The second-order valence-corrected chi connectivity index (χ2v) is 18.2. The van der Waals surface area contributed by atoms with Crippen LogP contribution in [0.1, 0.15) is 77.0 Å². The van der Waals surface area contributed by atoms with E-state index < -0.39 is 77.2 Å². The minimum absolute atomic E-state index is 0. The summed E-state index contributed by atoms with van der Waals surface area (Å²) in [6, 6.07) is 7.50. The summed E-state index contributed by atoms with van der Waals surface area (Å²) in [5.74, 6) is -1.81. The van der Waals surface area contributed by atoms with E-state index in [1.807, 2.05) is 50.4 Å². The Labute approximate surface area is 411 Å². The van der Waals surface area contributed by atoms with Gasteiger partial charge in [-0.05, 0) is 62.9 Å². The molecule has 0 saturated carbocycles. The number of aromatic hydroxyl groups is 2. The number of esters is 1. The molecule has 9 atom stereocenters. The zero-order chi connectivity index (χ0) is 45.0. The van der Waals surface area contributed by atoms with E-state index in [9.17, 15) is 34.7 Å². The molecule has 335 valence electrons. The van der Waals surface area contributed by atoms with Gasteiger partial charge in [0.25, 0.3) is 0 Å². The molecule has 0 aliphatic carbocycles. The fraction of sp³-hybridized carbons (Fsp3) is 0.457. The van der Waals surface area contributed by atoms with Crippen LogP contribution in [-0.4, -0.2) is 113 Å². The summed E-state index contributed by atoms with van der Waals surface area (Å²) in [7, 11) is 3.44. The zero-order valence-electron chi connectivity index (χ0n) is 36.7. The van der Waals surface area contributed by atoms with Crippen LogP contribution < -0.4 is 30.2 Å². The number of phenolic OH excluding ortho intramolecular Hbond substituents is 2. The number of thioether (sulfide) groups is 1. The first-order chi connectivity index (χ1) is 30.2. The smallest absolute Gasteiger partial charge is 0.329 e. The van der Waals surface area contributed by atoms with Crippen LogP contribution in [0.3, 0.4) is 0 Å². The van der Waals surface area contributed by atoms with Crippen LogP contribution in [0.5, 0.6) is 28.7 Å². The topological polar surface area (TPSA) is 212 Å². The molecular weight excluding hydrogens is 1060 g/mol. The van der Waals surface area contributed by atoms with E-state index in [0.29, 0.717) is 45.9 Å². The first-order valence-electron chi connectivity index (χ1n) is 21.0. The maximum absolute atomic E-state index is 14.2. The number of methoxy groups -OCH3 is 1. The molecule has 5 N–H and O–H groups in total. The fourth-order valence-electron chi connectivity index (χ4n) is 9.95. The number of fused-ring (bicyclic) bond motifs is 10. The summed E-state index contributed by atoms with van der Waals surface area (Å²) >= 11 is 1.31. The number of nitrogens with zero attached hydrogens (tertiary/aromatic N) is 3. The van der Waals surface area contributed by atoms with Crippen LogP contribution >= 0.6 is 11.8 Å². The van der Waals surface area contributed by atoms with Gasteiger partial charge in [-0.3, -0.25) is 24.2 Å². The summed E-state index contributed by atoms with van der Waals surface area (Å²) < 4.78 is 23.8. The first kappa shape index (κ1) is 47.4. The zero-order valence-corrected chi connectivity index (χ0v) is 42.3. The molecule has 16 nitrogen and oxygen atoms in total. The van der Waals surface area contributed by atoms with Crippen LogP contribution in [0.4, 0.5) is 0 Å². The van der Waals surface area contributed by atoms with E-state index >= 15 is 0 Å². The number of rotatable bonds is 9. The molecule has 4 bridgehead atoms. The number of nitrogens with one attached hydrogen (secondary N) is 3. The predicted octanol–water partition coefficient (Wildman–Crippen LogP) is 3.86. The van der Waals surface area contributed by atoms with Gasteiger partial charge in [0.2, 0.25) is 24.5 Å². The summed E-state index contributed by atoms with van der Waals surface area (Å²) in [4.78, 5) is 58.5. The largest absolute Gasteiger partial charge is 0.507 e. The van der Waals surface area contributed by atoms with E-state index in [-0.39, 0.29) is 80.8 Å². The van der Waals surface area contributed by atoms with Gasteiger partial charge in [0.05, 0.1) is 30.5 Å². The van der Waals surface area contributed by atoms with Crippen molar-refractivity contribution in [1.82, 2.24) is 25.8 Å². The van der Waals surface area contributed by atoms with Crippen LogP contribution in [0.2, 0.25) is 0 Å².